The van der Waals surface area contributed by atoms with Crippen LogP contribution >= 0.6 is 12.2 Å². The van der Waals surface area contributed by atoms with Gasteiger partial charge in [-0.05, 0) is 81.3 Å². The van der Waals surface area contributed by atoms with Crippen LogP contribution in [-0.4, -0.2) is 46.6 Å². The molecule has 1 aromatic rings. The second-order valence-corrected chi connectivity index (χ2v) is 9.33. The van der Waals surface area contributed by atoms with Crippen LogP contribution in [0, 0.1) is 18.8 Å². The molecule has 4 unspecified atom stereocenters. The van der Waals surface area contributed by atoms with Gasteiger partial charge in [-0.2, -0.15) is 0 Å². The lowest BCUT2D eigenvalue weighted by Gasteiger charge is -2.55. The molecule has 3 fully saturated rings. The van der Waals surface area contributed by atoms with Gasteiger partial charge in [0.2, 0.25) is 0 Å². The molecular formula is C23H31N3S. The Balaban J connectivity index is 1.40. The summed E-state index contributed by atoms with van der Waals surface area (Å²) in [6, 6.07) is 9.79. The van der Waals surface area contributed by atoms with Crippen LogP contribution in [0.4, 0.5) is 5.69 Å². The van der Waals surface area contributed by atoms with Gasteiger partial charge in [-0.25, -0.2) is 0 Å². The number of para-hydroxylation sites is 1. The average molecular weight is 382 g/mol. The fourth-order valence-corrected chi connectivity index (χ4v) is 6.42. The minimum Gasteiger partial charge on any atom is -0.342 e. The molecule has 0 radical (unpaired) electrons. The number of fused-ring (bicyclic) bond motifs is 6. The molecule has 0 spiro atoms. The van der Waals surface area contributed by atoms with Gasteiger partial charge >= 0.3 is 0 Å². The van der Waals surface area contributed by atoms with Gasteiger partial charge in [0, 0.05) is 24.8 Å². The number of nitrogens with zero attached hydrogens (tertiary/aromatic N) is 2. The second-order valence-electron chi connectivity index (χ2n) is 8.95. The van der Waals surface area contributed by atoms with E-state index in [9.17, 15) is 0 Å². The molecule has 5 rings (SSSR count). The van der Waals surface area contributed by atoms with E-state index in [2.05, 4.69) is 52.4 Å². The standard InChI is InChI=1S/C23H31N3S/c1-16-7-2-3-9-20(16)24-23(27)26-12-6-8-17-13-18-14-19(22(17)26)15-25-11-5-4-10-21(18)25/h2-3,7,9,13,18-19,21-22H,4-6,8,10-12,14-15H2,1H3,(H,24,27). The smallest absolute Gasteiger partial charge is 0.173 e. The maximum Gasteiger partial charge on any atom is 0.173 e. The molecule has 3 nitrogen and oxygen atoms in total. The van der Waals surface area contributed by atoms with Crippen molar-refractivity contribution in [2.24, 2.45) is 11.8 Å². The highest BCUT2D eigenvalue weighted by Crippen LogP contribution is 2.45. The first-order chi connectivity index (χ1) is 13.2. The number of anilines is 1. The third-order valence-electron chi connectivity index (χ3n) is 7.30. The van der Waals surface area contributed by atoms with Crippen LogP contribution in [0.3, 0.4) is 0 Å². The summed E-state index contributed by atoms with van der Waals surface area (Å²) in [5.74, 6) is 1.52. The minimum atomic E-state index is 0.516. The van der Waals surface area contributed by atoms with Crippen molar-refractivity contribution in [3.05, 3.63) is 41.5 Å². The fraction of sp³-hybridized carbons (Fsp3) is 0.609. The number of thiocarbonyl (C=S) groups is 1. The quantitative estimate of drug-likeness (QED) is 0.566. The Labute approximate surface area is 168 Å². The highest BCUT2D eigenvalue weighted by Gasteiger charge is 2.46. The third-order valence-corrected chi connectivity index (χ3v) is 7.64. The van der Waals surface area contributed by atoms with Gasteiger partial charge in [-0.1, -0.05) is 36.3 Å². The summed E-state index contributed by atoms with van der Waals surface area (Å²) in [6.07, 6.45) is 10.7. The van der Waals surface area contributed by atoms with Crippen molar-refractivity contribution < 1.29 is 0 Å². The Morgan fingerprint density at radius 1 is 1.15 bits per heavy atom. The van der Waals surface area contributed by atoms with Crippen LogP contribution < -0.4 is 5.32 Å². The molecule has 1 N–H and O–H groups in total. The highest BCUT2D eigenvalue weighted by atomic mass is 32.1. The molecule has 144 valence electrons. The molecule has 0 saturated carbocycles. The number of hydrogen-bond donors (Lipinski definition) is 1. The summed E-state index contributed by atoms with van der Waals surface area (Å²) in [4.78, 5) is 5.32. The minimum absolute atomic E-state index is 0.516. The Morgan fingerprint density at radius 2 is 2.04 bits per heavy atom. The van der Waals surface area contributed by atoms with Gasteiger partial charge in [0.05, 0.1) is 6.04 Å². The average Bonchev–Trinajstić information content (AvgIpc) is 2.69. The van der Waals surface area contributed by atoms with E-state index in [1.165, 1.54) is 57.2 Å². The van der Waals surface area contributed by atoms with E-state index < -0.39 is 0 Å². The summed E-state index contributed by atoms with van der Waals surface area (Å²) in [5.41, 5.74) is 4.08. The van der Waals surface area contributed by atoms with Crippen LogP contribution in [0.5, 0.6) is 0 Å². The Morgan fingerprint density at radius 3 is 2.93 bits per heavy atom. The lowest BCUT2D eigenvalue weighted by atomic mass is 9.68. The first-order valence-corrected chi connectivity index (χ1v) is 11.2. The van der Waals surface area contributed by atoms with Gasteiger partial charge in [-0.15, -0.1) is 0 Å². The zero-order chi connectivity index (χ0) is 18.4. The first kappa shape index (κ1) is 17.7. The van der Waals surface area contributed by atoms with Crippen LogP contribution in [-0.2, 0) is 0 Å². The number of rotatable bonds is 1. The van der Waals surface area contributed by atoms with Gasteiger partial charge in [0.15, 0.2) is 5.11 Å². The molecule has 0 amide bonds. The van der Waals surface area contributed by atoms with Crippen LogP contribution in [0.15, 0.2) is 35.9 Å². The van der Waals surface area contributed by atoms with Crippen molar-refractivity contribution in [2.75, 3.05) is 25.0 Å². The molecule has 4 atom stereocenters. The van der Waals surface area contributed by atoms with Crippen molar-refractivity contribution in [3.63, 3.8) is 0 Å². The van der Waals surface area contributed by atoms with E-state index in [1.807, 2.05) is 0 Å². The zero-order valence-electron chi connectivity index (χ0n) is 16.4. The molecule has 0 aromatic heterocycles. The van der Waals surface area contributed by atoms with Gasteiger partial charge < -0.3 is 10.2 Å². The molecule has 1 aliphatic carbocycles. The van der Waals surface area contributed by atoms with Crippen molar-refractivity contribution in [3.8, 4) is 0 Å². The molecular weight excluding hydrogens is 350 g/mol. The SMILES string of the molecule is Cc1ccccc1NC(=S)N1CCCC2=CC3CC(CN4CCCCC34)C21. The summed E-state index contributed by atoms with van der Waals surface area (Å²) in [7, 11) is 0. The van der Waals surface area contributed by atoms with Crippen LogP contribution in [0.25, 0.3) is 0 Å². The van der Waals surface area contributed by atoms with E-state index >= 15 is 0 Å². The maximum atomic E-state index is 5.92. The summed E-state index contributed by atoms with van der Waals surface area (Å²) < 4.78 is 0. The van der Waals surface area contributed by atoms with Gasteiger partial charge in [0.25, 0.3) is 0 Å². The fourth-order valence-electron chi connectivity index (χ4n) is 6.10. The third kappa shape index (κ3) is 3.21. The summed E-state index contributed by atoms with van der Waals surface area (Å²) >= 11 is 5.92. The molecule has 3 aliphatic heterocycles. The monoisotopic (exact) mass is 381 g/mol. The molecule has 3 heterocycles. The highest BCUT2D eigenvalue weighted by molar-refractivity contribution is 7.80. The van der Waals surface area contributed by atoms with E-state index in [-0.39, 0.29) is 0 Å². The summed E-state index contributed by atoms with van der Waals surface area (Å²) in [5, 5.41) is 4.48. The van der Waals surface area contributed by atoms with E-state index in [0.29, 0.717) is 6.04 Å². The van der Waals surface area contributed by atoms with E-state index in [4.69, 9.17) is 12.2 Å². The number of nitrogens with one attached hydrogen (secondary N) is 1. The lowest BCUT2D eigenvalue weighted by molar-refractivity contribution is 0.0132. The number of piperidine rings is 3. The molecule has 3 saturated heterocycles. The Hall–Kier alpha value is -1.39. The van der Waals surface area contributed by atoms with Gasteiger partial charge in [0.1, 0.15) is 0 Å². The molecule has 4 heteroatoms. The first-order valence-electron chi connectivity index (χ1n) is 10.8. The normalized spacial score (nSPS) is 32.9. The molecule has 27 heavy (non-hydrogen) atoms. The summed E-state index contributed by atoms with van der Waals surface area (Å²) in [6.45, 7) is 5.81. The van der Waals surface area contributed by atoms with E-state index in [0.717, 1.165) is 35.2 Å². The predicted molar refractivity (Wildman–Crippen MR) is 116 cm³/mol. The van der Waals surface area contributed by atoms with Crippen molar-refractivity contribution in [2.45, 2.75) is 57.5 Å². The van der Waals surface area contributed by atoms with Crippen LogP contribution in [0.1, 0.15) is 44.1 Å². The topological polar surface area (TPSA) is 18.5 Å². The zero-order valence-corrected chi connectivity index (χ0v) is 17.2. The second kappa shape index (κ2) is 7.21. The number of hydrogen-bond acceptors (Lipinski definition) is 2. The molecule has 4 aliphatic rings. The largest absolute Gasteiger partial charge is 0.342 e. The Kier molecular flexibility index (Phi) is 4.73. The van der Waals surface area contributed by atoms with Crippen molar-refractivity contribution in [1.29, 1.82) is 0 Å². The molecule has 2 bridgehead atoms. The van der Waals surface area contributed by atoms with Crippen molar-refractivity contribution in [1.82, 2.24) is 9.80 Å². The number of aryl methyl sites for hydroxylation is 1. The molecule has 1 aromatic carbocycles. The lowest BCUT2D eigenvalue weighted by Crippen LogP contribution is -2.60. The van der Waals surface area contributed by atoms with Gasteiger partial charge in [-0.3, -0.25) is 4.90 Å². The number of benzene rings is 1. The Bertz CT molecular complexity index is 758. The maximum absolute atomic E-state index is 5.92. The van der Waals surface area contributed by atoms with Crippen molar-refractivity contribution >= 4 is 23.0 Å². The predicted octanol–water partition coefficient (Wildman–Crippen LogP) is 4.59. The number of likely N-dealkylation sites (tertiary alicyclic amines) is 1. The van der Waals surface area contributed by atoms with Crippen LogP contribution in [0.2, 0.25) is 0 Å². The van der Waals surface area contributed by atoms with E-state index in [1.54, 1.807) is 5.57 Å².